The highest BCUT2D eigenvalue weighted by Crippen LogP contribution is 2.23. The third-order valence-electron chi connectivity index (χ3n) is 5.61. The third-order valence-corrected chi connectivity index (χ3v) is 7.46. The molecule has 32 heavy (non-hydrogen) atoms. The smallest absolute Gasteiger partial charge is 0.272 e. The first-order valence-electron chi connectivity index (χ1n) is 10.8. The first kappa shape index (κ1) is 22.8. The number of thioether (sulfide) groups is 1. The number of thiophene rings is 1. The molecule has 0 unspecified atom stereocenters. The highest BCUT2D eigenvalue weighted by atomic mass is 32.2. The predicted molar refractivity (Wildman–Crippen MR) is 129 cm³/mol. The molecule has 0 aliphatic carbocycles. The Labute approximate surface area is 195 Å². The van der Waals surface area contributed by atoms with Crippen LogP contribution in [-0.2, 0) is 11.3 Å². The van der Waals surface area contributed by atoms with Gasteiger partial charge in [-0.3, -0.25) is 14.2 Å². The lowest BCUT2D eigenvalue weighted by Crippen LogP contribution is -2.49. The van der Waals surface area contributed by atoms with Gasteiger partial charge >= 0.3 is 0 Å². The van der Waals surface area contributed by atoms with E-state index in [1.807, 2.05) is 16.3 Å². The summed E-state index contributed by atoms with van der Waals surface area (Å²) in [5.74, 6) is 0.516. The molecule has 2 aromatic heterocycles. The number of fused-ring (bicyclic) bond motifs is 1. The van der Waals surface area contributed by atoms with E-state index in [1.54, 1.807) is 16.7 Å². The Morgan fingerprint density at radius 1 is 1.16 bits per heavy atom. The molecular formula is C23H27FN4O2S2. The summed E-state index contributed by atoms with van der Waals surface area (Å²) in [6, 6.07) is 8.31. The molecule has 170 valence electrons. The van der Waals surface area contributed by atoms with E-state index in [0.29, 0.717) is 54.0 Å². The molecule has 3 heterocycles. The number of nitrogens with zero attached hydrogens (tertiary/aromatic N) is 4. The number of anilines is 1. The zero-order valence-electron chi connectivity index (χ0n) is 18.3. The first-order valence-corrected chi connectivity index (χ1v) is 12.7. The molecule has 1 aliphatic rings. The SMILES string of the molecule is CC(C)CCn1c(SCC(=O)N2CCN(c3ccc(F)cc3)CC2)nc2ccsc2c1=O. The fourth-order valence-corrected chi connectivity index (χ4v) is 5.41. The minimum Gasteiger partial charge on any atom is -0.368 e. The molecule has 0 radical (unpaired) electrons. The molecule has 6 nitrogen and oxygen atoms in total. The van der Waals surface area contributed by atoms with Gasteiger partial charge in [-0.05, 0) is 48.1 Å². The maximum absolute atomic E-state index is 13.2. The summed E-state index contributed by atoms with van der Waals surface area (Å²) in [4.78, 5) is 34.5. The van der Waals surface area contributed by atoms with Crippen LogP contribution >= 0.6 is 23.1 Å². The van der Waals surface area contributed by atoms with Gasteiger partial charge in [0.2, 0.25) is 5.91 Å². The Morgan fingerprint density at radius 3 is 2.56 bits per heavy atom. The number of amides is 1. The van der Waals surface area contributed by atoms with E-state index < -0.39 is 0 Å². The Morgan fingerprint density at radius 2 is 1.88 bits per heavy atom. The largest absolute Gasteiger partial charge is 0.368 e. The fourth-order valence-electron chi connectivity index (χ4n) is 3.70. The molecule has 0 saturated carbocycles. The zero-order valence-corrected chi connectivity index (χ0v) is 19.9. The second-order valence-electron chi connectivity index (χ2n) is 8.30. The van der Waals surface area contributed by atoms with Crippen molar-refractivity contribution in [1.82, 2.24) is 14.5 Å². The molecule has 1 amide bonds. The number of rotatable bonds is 7. The average Bonchev–Trinajstić information content (AvgIpc) is 3.26. The Hall–Kier alpha value is -2.39. The summed E-state index contributed by atoms with van der Waals surface area (Å²) in [7, 11) is 0. The number of hydrogen-bond acceptors (Lipinski definition) is 6. The number of aromatic nitrogens is 2. The quantitative estimate of drug-likeness (QED) is 0.381. The van der Waals surface area contributed by atoms with Crippen LogP contribution in [0.5, 0.6) is 0 Å². The van der Waals surface area contributed by atoms with Gasteiger partial charge in [-0.2, -0.15) is 0 Å². The molecule has 0 spiro atoms. The first-order chi connectivity index (χ1) is 15.4. The lowest BCUT2D eigenvalue weighted by molar-refractivity contribution is -0.128. The van der Waals surface area contributed by atoms with Gasteiger partial charge < -0.3 is 9.80 Å². The second kappa shape index (κ2) is 10.0. The summed E-state index contributed by atoms with van der Waals surface area (Å²) >= 11 is 2.75. The van der Waals surface area contributed by atoms with Crippen molar-refractivity contribution < 1.29 is 9.18 Å². The van der Waals surface area contributed by atoms with Crippen LogP contribution in [0.4, 0.5) is 10.1 Å². The van der Waals surface area contributed by atoms with E-state index in [-0.39, 0.29) is 23.0 Å². The maximum Gasteiger partial charge on any atom is 0.272 e. The van der Waals surface area contributed by atoms with Crippen molar-refractivity contribution >= 4 is 44.9 Å². The standard InChI is InChI=1S/C23H27FN4O2S2/c1-16(2)7-9-28-22(30)21-19(8-14-31-21)25-23(28)32-15-20(29)27-12-10-26(11-13-27)18-5-3-17(24)4-6-18/h3-6,8,14,16H,7,9-13,15H2,1-2H3. The Balaban J connectivity index is 1.40. The average molecular weight is 475 g/mol. The number of hydrogen-bond donors (Lipinski definition) is 0. The molecule has 1 fully saturated rings. The lowest BCUT2D eigenvalue weighted by Gasteiger charge is -2.36. The monoisotopic (exact) mass is 474 g/mol. The van der Waals surface area contributed by atoms with E-state index in [4.69, 9.17) is 0 Å². The van der Waals surface area contributed by atoms with Gasteiger partial charge in [-0.25, -0.2) is 9.37 Å². The summed E-state index contributed by atoms with van der Waals surface area (Å²) in [5, 5.41) is 2.49. The summed E-state index contributed by atoms with van der Waals surface area (Å²) in [6.45, 7) is 7.51. The van der Waals surface area contributed by atoms with Crippen molar-refractivity contribution in [3.63, 3.8) is 0 Å². The zero-order chi connectivity index (χ0) is 22.7. The number of carbonyl (C=O) groups excluding carboxylic acids is 1. The van der Waals surface area contributed by atoms with Gasteiger partial charge in [0, 0.05) is 38.4 Å². The molecule has 0 N–H and O–H groups in total. The molecule has 4 rings (SSSR count). The maximum atomic E-state index is 13.2. The molecule has 1 aliphatic heterocycles. The minimum atomic E-state index is -0.249. The molecular weight excluding hydrogens is 447 g/mol. The van der Waals surface area contributed by atoms with Crippen LogP contribution in [0.1, 0.15) is 20.3 Å². The van der Waals surface area contributed by atoms with Crippen LogP contribution in [0.3, 0.4) is 0 Å². The topological polar surface area (TPSA) is 58.4 Å². The third kappa shape index (κ3) is 5.15. The summed E-state index contributed by atoms with van der Waals surface area (Å²) < 4.78 is 15.5. The highest BCUT2D eigenvalue weighted by molar-refractivity contribution is 7.99. The summed E-state index contributed by atoms with van der Waals surface area (Å²) in [5.41, 5.74) is 1.65. The number of benzene rings is 1. The second-order valence-corrected chi connectivity index (χ2v) is 10.2. The Bertz CT molecular complexity index is 1140. The Kier molecular flexibility index (Phi) is 7.15. The van der Waals surface area contributed by atoms with E-state index in [2.05, 4.69) is 23.7 Å². The minimum absolute atomic E-state index is 0.0199. The van der Waals surface area contributed by atoms with Crippen molar-refractivity contribution in [2.45, 2.75) is 32.0 Å². The van der Waals surface area contributed by atoms with Gasteiger partial charge in [0.15, 0.2) is 5.16 Å². The van der Waals surface area contributed by atoms with Crippen LogP contribution < -0.4 is 10.5 Å². The molecule has 0 bridgehead atoms. The van der Waals surface area contributed by atoms with Gasteiger partial charge in [-0.15, -0.1) is 11.3 Å². The predicted octanol–water partition coefficient (Wildman–Crippen LogP) is 4.08. The van der Waals surface area contributed by atoms with Crippen LogP contribution in [-0.4, -0.2) is 52.3 Å². The summed E-state index contributed by atoms with van der Waals surface area (Å²) in [6.07, 6.45) is 0.880. The van der Waals surface area contributed by atoms with Crippen molar-refractivity contribution in [2.24, 2.45) is 5.92 Å². The number of piperazine rings is 1. The van der Waals surface area contributed by atoms with Gasteiger partial charge in [0.1, 0.15) is 10.5 Å². The number of carbonyl (C=O) groups is 1. The molecule has 9 heteroatoms. The van der Waals surface area contributed by atoms with Crippen molar-refractivity contribution in [3.8, 4) is 0 Å². The van der Waals surface area contributed by atoms with E-state index in [1.165, 1.54) is 35.2 Å². The molecule has 0 atom stereocenters. The van der Waals surface area contributed by atoms with Crippen LogP contribution in [0, 0.1) is 11.7 Å². The molecule has 1 saturated heterocycles. The normalized spacial score (nSPS) is 14.5. The van der Waals surface area contributed by atoms with Crippen LogP contribution in [0.15, 0.2) is 45.7 Å². The lowest BCUT2D eigenvalue weighted by atomic mass is 10.1. The van der Waals surface area contributed by atoms with E-state index in [9.17, 15) is 14.0 Å². The van der Waals surface area contributed by atoms with E-state index >= 15 is 0 Å². The van der Waals surface area contributed by atoms with Crippen molar-refractivity contribution in [3.05, 3.63) is 51.9 Å². The molecule has 3 aromatic rings. The van der Waals surface area contributed by atoms with Crippen LogP contribution in [0.25, 0.3) is 10.2 Å². The van der Waals surface area contributed by atoms with Gasteiger partial charge in [0.25, 0.3) is 5.56 Å². The van der Waals surface area contributed by atoms with E-state index in [0.717, 1.165) is 12.1 Å². The van der Waals surface area contributed by atoms with Gasteiger partial charge in [0.05, 0.1) is 11.3 Å². The number of halogens is 1. The van der Waals surface area contributed by atoms with Crippen molar-refractivity contribution in [1.29, 1.82) is 0 Å². The van der Waals surface area contributed by atoms with Crippen molar-refractivity contribution in [2.75, 3.05) is 36.8 Å². The van der Waals surface area contributed by atoms with Gasteiger partial charge in [-0.1, -0.05) is 25.6 Å². The highest BCUT2D eigenvalue weighted by Gasteiger charge is 2.22. The van der Waals surface area contributed by atoms with Crippen LogP contribution in [0.2, 0.25) is 0 Å². The molecule has 1 aromatic carbocycles. The fraction of sp³-hybridized carbons (Fsp3) is 0.435.